The number of hydrogen-bond donors (Lipinski definition) is 1. The van der Waals surface area contributed by atoms with E-state index in [-0.39, 0.29) is 30.3 Å². The molecule has 1 aliphatic heterocycles. The third-order valence-corrected chi connectivity index (χ3v) is 7.44. The fourth-order valence-electron chi connectivity index (χ4n) is 5.11. The first-order chi connectivity index (χ1) is 15.1. The van der Waals surface area contributed by atoms with E-state index in [4.69, 9.17) is 0 Å². The molecular formula is C23H20IN3O5. The molecule has 9 heteroatoms. The average molecular weight is 545 g/mol. The minimum absolute atomic E-state index is 0.169. The third-order valence-electron chi connectivity index (χ3n) is 6.64. The number of rotatable bonds is 1. The van der Waals surface area contributed by atoms with Crippen molar-refractivity contribution in [2.45, 2.75) is 38.8 Å². The smallest absolute Gasteiger partial charge is 0.347 e. The van der Waals surface area contributed by atoms with Gasteiger partial charge < -0.3 is 5.11 Å². The molecule has 8 nitrogen and oxygen atoms in total. The molecule has 2 aromatic rings. The lowest BCUT2D eigenvalue weighted by molar-refractivity contribution is -0.115. The number of halogens is 1. The molecule has 1 aromatic heterocycles. The highest BCUT2D eigenvalue weighted by Crippen LogP contribution is 2.50. The van der Waals surface area contributed by atoms with E-state index in [0.29, 0.717) is 25.9 Å². The molecule has 0 bridgehead atoms. The summed E-state index contributed by atoms with van der Waals surface area (Å²) in [6.45, 7) is 3.77. The Hall–Kier alpha value is -2.95. The highest BCUT2D eigenvalue weighted by atomic mass is 127. The van der Waals surface area contributed by atoms with Crippen LogP contribution in [0.25, 0.3) is 0 Å². The third kappa shape index (κ3) is 2.73. The Bertz CT molecular complexity index is 1440. The van der Waals surface area contributed by atoms with E-state index in [1.807, 2.05) is 40.8 Å². The first-order valence-corrected chi connectivity index (χ1v) is 11.3. The molecule has 0 saturated heterocycles. The highest BCUT2D eigenvalue weighted by Gasteiger charge is 2.45. The van der Waals surface area contributed by atoms with Crippen LogP contribution in [-0.2, 0) is 23.2 Å². The number of allylic oxidation sites excluding steroid dienone is 6. The molecule has 0 unspecified atom stereocenters. The lowest BCUT2D eigenvalue weighted by Gasteiger charge is -2.39. The number of nitrogens with zero attached hydrogens (tertiary/aromatic N) is 3. The van der Waals surface area contributed by atoms with E-state index >= 15 is 0 Å². The van der Waals surface area contributed by atoms with Crippen molar-refractivity contribution in [2.75, 3.05) is 0 Å². The molecule has 0 amide bonds. The normalized spacial score (nSPS) is 22.2. The van der Waals surface area contributed by atoms with E-state index in [9.17, 15) is 24.3 Å². The summed E-state index contributed by atoms with van der Waals surface area (Å²) in [5.41, 5.74) is 2.84. The number of benzene rings is 1. The molecule has 164 valence electrons. The number of fused-ring (bicyclic) bond motifs is 3. The molecular weight excluding hydrogens is 525 g/mol. The van der Waals surface area contributed by atoms with Crippen molar-refractivity contribution in [3.8, 4) is 5.75 Å². The van der Waals surface area contributed by atoms with Gasteiger partial charge in [-0.3, -0.25) is 9.59 Å². The van der Waals surface area contributed by atoms with Gasteiger partial charge in [0, 0.05) is 36.6 Å². The Balaban J connectivity index is 1.81. The topological polar surface area (TPSA) is 103 Å². The Labute approximate surface area is 196 Å². The van der Waals surface area contributed by atoms with E-state index < -0.39 is 23.3 Å². The lowest BCUT2D eigenvalue weighted by atomic mass is 9.68. The lowest BCUT2D eigenvalue weighted by Crippen LogP contribution is -2.40. The number of hydrogen-bond acceptors (Lipinski definition) is 5. The Morgan fingerprint density at radius 3 is 2.38 bits per heavy atom. The van der Waals surface area contributed by atoms with E-state index in [0.717, 1.165) is 15.7 Å². The molecule has 0 spiro atoms. The summed E-state index contributed by atoms with van der Waals surface area (Å²) in [4.78, 5) is 51.7. The number of phenols is 1. The van der Waals surface area contributed by atoms with Gasteiger partial charge in [0.05, 0.1) is 16.2 Å². The predicted octanol–water partition coefficient (Wildman–Crippen LogP) is 2.11. The summed E-state index contributed by atoms with van der Waals surface area (Å²) in [7, 11) is 1.43. The summed E-state index contributed by atoms with van der Waals surface area (Å²) in [6, 6.07) is 3.09. The number of aryl methyl sites for hydroxylation is 2. The summed E-state index contributed by atoms with van der Waals surface area (Å²) >= 11 is 1.89. The molecule has 0 radical (unpaired) electrons. The minimum Gasteiger partial charge on any atom is -0.507 e. The maximum absolute atomic E-state index is 13.3. The van der Waals surface area contributed by atoms with E-state index in [2.05, 4.69) is 0 Å². The van der Waals surface area contributed by atoms with Crippen molar-refractivity contribution >= 4 is 34.2 Å². The summed E-state index contributed by atoms with van der Waals surface area (Å²) in [5.74, 6) is -0.811. The summed E-state index contributed by atoms with van der Waals surface area (Å²) in [5, 5.41) is 10.3. The van der Waals surface area contributed by atoms with Gasteiger partial charge in [-0.25, -0.2) is 23.5 Å². The number of aromatic hydroxyl groups is 1. The highest BCUT2D eigenvalue weighted by molar-refractivity contribution is 14.1. The predicted molar refractivity (Wildman–Crippen MR) is 125 cm³/mol. The molecule has 2 heterocycles. The maximum atomic E-state index is 13.3. The van der Waals surface area contributed by atoms with Crippen LogP contribution in [0.1, 0.15) is 35.1 Å². The number of ketones is 2. The van der Waals surface area contributed by atoms with Crippen molar-refractivity contribution in [2.24, 2.45) is 7.05 Å². The molecule has 5 rings (SSSR count). The Morgan fingerprint density at radius 2 is 1.72 bits per heavy atom. The number of Topliss-reactive ketones (excluding diaryl/α,β-unsaturated/α-hetero) is 1. The number of carbonyl (C=O) groups is 2. The Morgan fingerprint density at radius 1 is 1.06 bits per heavy atom. The molecule has 2 atom stereocenters. The summed E-state index contributed by atoms with van der Waals surface area (Å²) in [6.07, 6.45) is 3.40. The van der Waals surface area contributed by atoms with Crippen LogP contribution in [0.2, 0.25) is 0 Å². The van der Waals surface area contributed by atoms with Crippen LogP contribution in [0, 0.1) is 13.8 Å². The Kier molecular flexibility index (Phi) is 4.59. The quantitative estimate of drug-likeness (QED) is 0.336. The first kappa shape index (κ1) is 20.9. The van der Waals surface area contributed by atoms with Gasteiger partial charge in [-0.15, -0.1) is 0 Å². The van der Waals surface area contributed by atoms with Crippen LogP contribution >= 0.6 is 22.6 Å². The van der Waals surface area contributed by atoms with E-state index in [1.165, 1.54) is 22.5 Å². The van der Waals surface area contributed by atoms with Crippen molar-refractivity contribution in [1.29, 1.82) is 0 Å². The van der Waals surface area contributed by atoms with Crippen LogP contribution in [0.5, 0.6) is 5.75 Å². The monoisotopic (exact) mass is 545 g/mol. The largest absolute Gasteiger partial charge is 0.507 e. The molecule has 0 saturated carbocycles. The molecule has 3 aliphatic rings. The van der Waals surface area contributed by atoms with Crippen LogP contribution < -0.4 is 11.4 Å². The van der Waals surface area contributed by atoms with Crippen LogP contribution in [0.3, 0.4) is 0 Å². The second kappa shape index (κ2) is 7.03. The molecule has 2 aliphatic carbocycles. The van der Waals surface area contributed by atoms with Gasteiger partial charge in [0.15, 0.2) is 11.6 Å². The van der Waals surface area contributed by atoms with Crippen molar-refractivity contribution in [1.82, 2.24) is 13.9 Å². The molecule has 1 aromatic carbocycles. The standard InChI is InChI=1S/C23H20IN3O5/c1-10-6-12(7-11(2)20(10)29)18-13-4-5-26-22(31)25(3)23(32)27(26)16(13)8-14-17(28)9-15(24)21(30)19(14)18/h4,6-7,9,16,18,29H,5,8H2,1-3H3/t16-,18+/m1/s1. The SMILES string of the molecule is Cc1cc([C@H]2C3=CCn4c(=O)n(C)c(=O)n4[C@@H]3CC3=C2C(=O)C(I)=CC3=O)cc(C)c1O. The molecule has 1 N–H and O–H groups in total. The van der Waals surface area contributed by atoms with Gasteiger partial charge in [-0.05, 0) is 58.7 Å². The van der Waals surface area contributed by atoms with Crippen molar-refractivity contribution in [3.05, 3.63) is 82.2 Å². The molecule has 0 fully saturated rings. The van der Waals surface area contributed by atoms with Crippen LogP contribution in [0.4, 0.5) is 0 Å². The van der Waals surface area contributed by atoms with E-state index in [1.54, 1.807) is 13.8 Å². The van der Waals surface area contributed by atoms with Gasteiger partial charge in [-0.1, -0.05) is 18.2 Å². The fourth-order valence-corrected chi connectivity index (χ4v) is 5.69. The van der Waals surface area contributed by atoms with Gasteiger partial charge >= 0.3 is 11.4 Å². The van der Waals surface area contributed by atoms with Crippen LogP contribution in [0.15, 0.2) is 54.2 Å². The fraction of sp³-hybridized carbons (Fsp3) is 0.304. The zero-order valence-electron chi connectivity index (χ0n) is 17.7. The average Bonchev–Trinajstić information content (AvgIpc) is 2.98. The van der Waals surface area contributed by atoms with Crippen LogP contribution in [-0.4, -0.2) is 30.6 Å². The van der Waals surface area contributed by atoms with Crippen molar-refractivity contribution in [3.63, 3.8) is 0 Å². The zero-order chi connectivity index (χ0) is 23.1. The second-order valence-corrected chi connectivity index (χ2v) is 9.65. The van der Waals surface area contributed by atoms with Crippen molar-refractivity contribution < 1.29 is 14.7 Å². The molecule has 32 heavy (non-hydrogen) atoms. The zero-order valence-corrected chi connectivity index (χ0v) is 19.8. The first-order valence-electron chi connectivity index (χ1n) is 10.2. The number of aromatic nitrogens is 3. The maximum Gasteiger partial charge on any atom is 0.347 e. The van der Waals surface area contributed by atoms with Gasteiger partial charge in [-0.2, -0.15) is 0 Å². The van der Waals surface area contributed by atoms with Gasteiger partial charge in [0.1, 0.15) is 5.75 Å². The second-order valence-electron chi connectivity index (χ2n) is 8.49. The van der Waals surface area contributed by atoms with Gasteiger partial charge in [0.2, 0.25) is 0 Å². The summed E-state index contributed by atoms with van der Waals surface area (Å²) < 4.78 is 4.20. The minimum atomic E-state index is -0.552. The van der Waals surface area contributed by atoms with Gasteiger partial charge in [0.25, 0.3) is 0 Å². The number of carbonyl (C=O) groups excluding carboxylic acids is 2. The number of phenolic OH excluding ortho intramolecular Hbond substituents is 1.